The molecule has 0 aliphatic heterocycles. The van der Waals surface area contributed by atoms with Gasteiger partial charge in [0.05, 0.1) is 5.69 Å². The summed E-state index contributed by atoms with van der Waals surface area (Å²) in [6.07, 6.45) is 4.38. The Morgan fingerprint density at radius 2 is 2.19 bits per heavy atom. The highest BCUT2D eigenvalue weighted by atomic mass is 16.1. The maximum absolute atomic E-state index is 12.0. The smallest absolute Gasteiger partial charge is 0.269 e. The van der Waals surface area contributed by atoms with Gasteiger partial charge in [0.15, 0.2) is 0 Å². The van der Waals surface area contributed by atoms with Gasteiger partial charge in [0.25, 0.3) is 5.91 Å². The number of hydrogen-bond donors (Lipinski definition) is 3. The first kappa shape index (κ1) is 12.2. The van der Waals surface area contributed by atoms with E-state index in [2.05, 4.69) is 20.5 Å². The Bertz CT molecular complexity index is 797. The Hall–Kier alpha value is -2.56. The number of carbonyl (C=O) groups excluding carboxylic acids is 1. The maximum atomic E-state index is 12.0. The number of para-hydroxylation sites is 1. The largest absolute Gasteiger partial charge is 0.360 e. The van der Waals surface area contributed by atoms with Crippen LogP contribution in [0.2, 0.25) is 0 Å². The Morgan fingerprint density at radius 1 is 1.33 bits per heavy atom. The van der Waals surface area contributed by atoms with E-state index < -0.39 is 0 Å². The molecule has 1 amide bonds. The number of amides is 1. The summed E-state index contributed by atoms with van der Waals surface area (Å²) in [5.41, 5.74) is 3.36. The Balaban J connectivity index is 1.59. The molecule has 3 N–H and O–H groups in total. The van der Waals surface area contributed by atoms with Crippen molar-refractivity contribution in [3.63, 3.8) is 0 Å². The first-order chi connectivity index (χ1) is 10.3. The topological polar surface area (TPSA) is 73.6 Å². The molecule has 0 atom stereocenters. The zero-order valence-electron chi connectivity index (χ0n) is 11.5. The molecule has 1 saturated carbocycles. The molecule has 1 aliphatic rings. The quantitative estimate of drug-likeness (QED) is 0.687. The fourth-order valence-electron chi connectivity index (χ4n) is 2.51. The molecule has 2 heterocycles. The second-order valence-corrected chi connectivity index (χ2v) is 5.57. The molecule has 0 radical (unpaired) electrons. The van der Waals surface area contributed by atoms with Gasteiger partial charge >= 0.3 is 0 Å². The van der Waals surface area contributed by atoms with Crippen molar-refractivity contribution in [1.29, 1.82) is 0 Å². The van der Waals surface area contributed by atoms with Crippen molar-refractivity contribution < 1.29 is 4.79 Å². The lowest BCUT2D eigenvalue weighted by atomic mass is 10.1. The van der Waals surface area contributed by atoms with Gasteiger partial charge in [-0.15, -0.1) is 0 Å². The number of H-pyrrole nitrogens is 2. The molecule has 5 nitrogen and oxygen atoms in total. The van der Waals surface area contributed by atoms with Gasteiger partial charge in [0.2, 0.25) is 0 Å². The molecule has 0 saturated heterocycles. The van der Waals surface area contributed by atoms with Crippen molar-refractivity contribution >= 4 is 16.8 Å². The van der Waals surface area contributed by atoms with E-state index in [1.54, 1.807) is 6.07 Å². The molecule has 0 bridgehead atoms. The monoisotopic (exact) mass is 280 g/mol. The molecule has 21 heavy (non-hydrogen) atoms. The van der Waals surface area contributed by atoms with Gasteiger partial charge < -0.3 is 10.3 Å². The standard InChI is InChI=1S/C16H16N4O/c21-16(18-8-10-5-6-10)15-7-14(19-20-15)12-9-17-13-4-2-1-3-11(12)13/h1-4,7,9-10,17H,5-6,8H2,(H,18,21)(H,19,20). The zero-order chi connectivity index (χ0) is 14.2. The van der Waals surface area contributed by atoms with Crippen LogP contribution < -0.4 is 5.32 Å². The van der Waals surface area contributed by atoms with Gasteiger partial charge in [-0.2, -0.15) is 5.10 Å². The van der Waals surface area contributed by atoms with Crippen molar-refractivity contribution in [1.82, 2.24) is 20.5 Å². The van der Waals surface area contributed by atoms with Crippen LogP contribution in [0.3, 0.4) is 0 Å². The number of nitrogens with one attached hydrogen (secondary N) is 3. The lowest BCUT2D eigenvalue weighted by molar-refractivity contribution is 0.0947. The molecule has 3 aromatic rings. The molecule has 1 aliphatic carbocycles. The van der Waals surface area contributed by atoms with Crippen LogP contribution >= 0.6 is 0 Å². The minimum absolute atomic E-state index is 0.0829. The van der Waals surface area contributed by atoms with Crippen LogP contribution in [0.5, 0.6) is 0 Å². The van der Waals surface area contributed by atoms with Crippen LogP contribution in [0.4, 0.5) is 0 Å². The summed E-state index contributed by atoms with van der Waals surface area (Å²) < 4.78 is 0. The third-order valence-corrected chi connectivity index (χ3v) is 3.94. The first-order valence-electron chi connectivity index (χ1n) is 7.21. The fraction of sp³-hybridized carbons (Fsp3) is 0.250. The summed E-state index contributed by atoms with van der Waals surface area (Å²) in [7, 11) is 0. The summed E-state index contributed by atoms with van der Waals surface area (Å²) in [6.45, 7) is 0.764. The highest BCUT2D eigenvalue weighted by Gasteiger charge is 2.22. The molecule has 2 aromatic heterocycles. The fourth-order valence-corrected chi connectivity index (χ4v) is 2.51. The molecule has 1 fully saturated rings. The minimum Gasteiger partial charge on any atom is -0.360 e. The van der Waals surface area contributed by atoms with E-state index in [1.807, 2.05) is 30.5 Å². The molecule has 5 heteroatoms. The van der Waals surface area contributed by atoms with E-state index in [9.17, 15) is 4.79 Å². The van der Waals surface area contributed by atoms with Crippen molar-refractivity contribution in [2.75, 3.05) is 6.54 Å². The van der Waals surface area contributed by atoms with Gasteiger partial charge in [-0.25, -0.2) is 0 Å². The third-order valence-electron chi connectivity index (χ3n) is 3.94. The average Bonchev–Trinajstić information content (AvgIpc) is 3.04. The van der Waals surface area contributed by atoms with Gasteiger partial charge in [0, 0.05) is 29.2 Å². The van der Waals surface area contributed by atoms with Gasteiger partial charge in [0.1, 0.15) is 5.69 Å². The number of aromatic amines is 2. The van der Waals surface area contributed by atoms with Crippen LogP contribution in [0.1, 0.15) is 23.3 Å². The summed E-state index contributed by atoms with van der Waals surface area (Å²) in [5, 5.41) is 11.1. The Morgan fingerprint density at radius 3 is 3.05 bits per heavy atom. The molecule has 0 spiro atoms. The summed E-state index contributed by atoms with van der Waals surface area (Å²) in [5.74, 6) is 0.588. The number of aromatic nitrogens is 3. The molecule has 0 unspecified atom stereocenters. The predicted octanol–water partition coefficient (Wildman–Crippen LogP) is 2.70. The molecular weight excluding hydrogens is 264 g/mol. The first-order valence-corrected chi connectivity index (χ1v) is 7.21. The number of nitrogens with zero attached hydrogens (tertiary/aromatic N) is 1. The SMILES string of the molecule is O=C(NCC1CC1)c1cc(-c2c[nH]c3ccccc23)n[nH]1. The van der Waals surface area contributed by atoms with Crippen LogP contribution in [-0.4, -0.2) is 27.6 Å². The van der Waals surface area contributed by atoms with E-state index >= 15 is 0 Å². The van der Waals surface area contributed by atoms with E-state index in [4.69, 9.17) is 0 Å². The van der Waals surface area contributed by atoms with Crippen LogP contribution in [0, 0.1) is 5.92 Å². The Labute approximate surface area is 121 Å². The van der Waals surface area contributed by atoms with Crippen molar-refractivity contribution in [2.45, 2.75) is 12.8 Å². The lowest BCUT2D eigenvalue weighted by Crippen LogP contribution is -2.25. The van der Waals surface area contributed by atoms with Crippen LogP contribution in [-0.2, 0) is 0 Å². The number of fused-ring (bicyclic) bond motifs is 1. The number of rotatable bonds is 4. The average molecular weight is 280 g/mol. The predicted molar refractivity (Wildman–Crippen MR) is 80.9 cm³/mol. The lowest BCUT2D eigenvalue weighted by Gasteiger charge is -2.00. The van der Waals surface area contributed by atoms with Gasteiger partial charge in [-0.3, -0.25) is 9.89 Å². The van der Waals surface area contributed by atoms with Gasteiger partial charge in [-0.1, -0.05) is 18.2 Å². The van der Waals surface area contributed by atoms with Crippen LogP contribution in [0.15, 0.2) is 36.5 Å². The van der Waals surface area contributed by atoms with Gasteiger partial charge in [-0.05, 0) is 30.9 Å². The highest BCUT2D eigenvalue weighted by Crippen LogP contribution is 2.28. The van der Waals surface area contributed by atoms with E-state index in [0.29, 0.717) is 11.6 Å². The van der Waals surface area contributed by atoms with Crippen molar-refractivity contribution in [2.24, 2.45) is 5.92 Å². The maximum Gasteiger partial charge on any atom is 0.269 e. The van der Waals surface area contributed by atoms with E-state index in [0.717, 1.165) is 28.7 Å². The summed E-state index contributed by atoms with van der Waals surface area (Å²) in [4.78, 5) is 15.3. The number of hydrogen-bond acceptors (Lipinski definition) is 2. The van der Waals surface area contributed by atoms with E-state index in [1.165, 1.54) is 12.8 Å². The molecular formula is C16H16N4O. The minimum atomic E-state index is -0.0829. The summed E-state index contributed by atoms with van der Waals surface area (Å²) in [6, 6.07) is 9.86. The summed E-state index contributed by atoms with van der Waals surface area (Å²) >= 11 is 0. The van der Waals surface area contributed by atoms with E-state index in [-0.39, 0.29) is 5.91 Å². The number of benzene rings is 1. The Kier molecular flexibility index (Phi) is 2.77. The number of carbonyl (C=O) groups is 1. The van der Waals surface area contributed by atoms with Crippen molar-refractivity contribution in [3.05, 3.63) is 42.2 Å². The zero-order valence-corrected chi connectivity index (χ0v) is 11.5. The van der Waals surface area contributed by atoms with Crippen LogP contribution in [0.25, 0.3) is 22.2 Å². The highest BCUT2D eigenvalue weighted by molar-refractivity contribution is 5.97. The van der Waals surface area contributed by atoms with Crippen molar-refractivity contribution in [3.8, 4) is 11.3 Å². The second kappa shape index (κ2) is 4.77. The third kappa shape index (κ3) is 2.31. The molecule has 4 rings (SSSR count). The molecule has 106 valence electrons. The molecule has 1 aromatic carbocycles. The normalized spacial score (nSPS) is 14.5. The second-order valence-electron chi connectivity index (χ2n) is 5.57.